The van der Waals surface area contributed by atoms with Crippen LogP contribution in [0.5, 0.6) is 0 Å². The number of nitrogens with zero attached hydrogens (tertiary/aromatic N) is 1. The van der Waals surface area contributed by atoms with Crippen molar-refractivity contribution in [3.63, 3.8) is 0 Å². The van der Waals surface area contributed by atoms with Crippen molar-refractivity contribution in [3.05, 3.63) is 65.9 Å². The molecule has 3 aromatic rings. The summed E-state index contributed by atoms with van der Waals surface area (Å²) in [6, 6.07) is 15.9. The molecule has 0 radical (unpaired) electrons. The fraction of sp³-hybridized carbons (Fsp3) is 0.263. The number of benzene rings is 2. The molecular formula is C19H20N2O3S. The molecule has 1 unspecified atom stereocenters. The topological polar surface area (TPSA) is 71.3 Å². The molecule has 1 aromatic heterocycles. The molecule has 0 aliphatic carbocycles. The maximum atomic E-state index is 13.4. The van der Waals surface area contributed by atoms with Gasteiger partial charge in [-0.05, 0) is 49.7 Å². The third-order valence-corrected chi connectivity index (χ3v) is 6.46. The summed E-state index contributed by atoms with van der Waals surface area (Å²) in [7, 11) is -3.79. The van der Waals surface area contributed by atoms with Gasteiger partial charge in [0.1, 0.15) is 0 Å². The normalized spacial score (nSPS) is 18.5. The summed E-state index contributed by atoms with van der Waals surface area (Å²) in [6.07, 6.45) is 0.339. The van der Waals surface area contributed by atoms with Crippen molar-refractivity contribution in [2.45, 2.75) is 23.8 Å². The molecule has 4 rings (SSSR count). The van der Waals surface area contributed by atoms with Crippen molar-refractivity contribution in [2.24, 2.45) is 0 Å². The molecule has 0 spiro atoms. The molecular weight excluding hydrogens is 336 g/mol. The van der Waals surface area contributed by atoms with E-state index in [4.69, 9.17) is 0 Å². The fourth-order valence-electron chi connectivity index (χ4n) is 3.57. The molecule has 2 N–H and O–H groups in total. The van der Waals surface area contributed by atoms with Gasteiger partial charge in [0.25, 0.3) is 10.0 Å². The van der Waals surface area contributed by atoms with Gasteiger partial charge in [0.2, 0.25) is 0 Å². The minimum Gasteiger partial charge on any atom is -0.387 e. The summed E-state index contributed by atoms with van der Waals surface area (Å²) in [5.41, 5.74) is 2.04. The Hall–Kier alpha value is -2.15. The van der Waals surface area contributed by atoms with Gasteiger partial charge in [-0.1, -0.05) is 36.4 Å². The van der Waals surface area contributed by atoms with Crippen LogP contribution in [-0.2, 0) is 16.4 Å². The highest BCUT2D eigenvalue weighted by atomic mass is 32.2. The average molecular weight is 356 g/mol. The molecule has 1 aliphatic rings. The van der Waals surface area contributed by atoms with Crippen molar-refractivity contribution in [3.8, 4) is 0 Å². The molecule has 0 amide bonds. The van der Waals surface area contributed by atoms with Crippen LogP contribution < -0.4 is 5.32 Å². The second-order valence-corrected chi connectivity index (χ2v) is 8.05. The smallest absolute Gasteiger partial charge is 0.268 e. The zero-order valence-electron chi connectivity index (χ0n) is 13.7. The van der Waals surface area contributed by atoms with E-state index in [0.717, 1.165) is 17.5 Å². The zero-order valence-corrected chi connectivity index (χ0v) is 14.5. The highest BCUT2D eigenvalue weighted by Crippen LogP contribution is 2.35. The van der Waals surface area contributed by atoms with Crippen LogP contribution in [0, 0.1) is 0 Å². The number of hydrogen-bond donors (Lipinski definition) is 2. The van der Waals surface area contributed by atoms with Crippen LogP contribution >= 0.6 is 0 Å². The number of aromatic nitrogens is 1. The van der Waals surface area contributed by atoms with Crippen molar-refractivity contribution in [1.29, 1.82) is 0 Å². The molecule has 25 heavy (non-hydrogen) atoms. The van der Waals surface area contributed by atoms with E-state index in [1.807, 2.05) is 18.2 Å². The van der Waals surface area contributed by atoms with Crippen molar-refractivity contribution in [1.82, 2.24) is 9.29 Å². The maximum Gasteiger partial charge on any atom is 0.268 e. The van der Waals surface area contributed by atoms with Crippen LogP contribution in [0.4, 0.5) is 0 Å². The summed E-state index contributed by atoms with van der Waals surface area (Å²) in [6.45, 7) is 1.42. The lowest BCUT2D eigenvalue weighted by Gasteiger charge is -2.20. The number of aliphatic hydroxyl groups is 1. The van der Waals surface area contributed by atoms with E-state index in [1.165, 1.54) is 3.97 Å². The minimum absolute atomic E-state index is 0.228. The zero-order chi connectivity index (χ0) is 17.4. The molecule has 6 heteroatoms. The van der Waals surface area contributed by atoms with E-state index in [1.54, 1.807) is 36.4 Å². The Kier molecular flexibility index (Phi) is 4.11. The molecule has 1 aliphatic heterocycles. The van der Waals surface area contributed by atoms with Gasteiger partial charge >= 0.3 is 0 Å². The molecule has 0 bridgehead atoms. The quantitative estimate of drug-likeness (QED) is 0.740. The highest BCUT2D eigenvalue weighted by molar-refractivity contribution is 7.90. The van der Waals surface area contributed by atoms with E-state index in [0.29, 0.717) is 30.6 Å². The van der Waals surface area contributed by atoms with Crippen LogP contribution in [-0.4, -0.2) is 30.6 Å². The molecule has 130 valence electrons. The first-order chi connectivity index (χ1) is 12.1. The fourth-order valence-corrected chi connectivity index (χ4v) is 5.19. The Morgan fingerprint density at radius 1 is 1.00 bits per heavy atom. The Morgan fingerprint density at radius 2 is 1.72 bits per heavy atom. The lowest BCUT2D eigenvalue weighted by atomic mass is 10.0. The summed E-state index contributed by atoms with van der Waals surface area (Å²) < 4.78 is 28.1. The second-order valence-electron chi connectivity index (χ2n) is 6.27. The Labute approximate surface area is 147 Å². The molecule has 0 saturated carbocycles. The largest absolute Gasteiger partial charge is 0.387 e. The van der Waals surface area contributed by atoms with Gasteiger partial charge in [-0.15, -0.1) is 0 Å². The van der Waals surface area contributed by atoms with E-state index in [-0.39, 0.29) is 4.90 Å². The summed E-state index contributed by atoms with van der Waals surface area (Å²) >= 11 is 0. The first-order valence-corrected chi connectivity index (χ1v) is 9.86. The van der Waals surface area contributed by atoms with Gasteiger partial charge < -0.3 is 10.4 Å². The maximum absolute atomic E-state index is 13.4. The standard InChI is InChI=1S/C19H20N2O3S/c22-18-11-13-20-12-10-16-15-8-4-5-9-17(15)21(19(16)18)25(23,24)14-6-2-1-3-7-14/h1-9,18,20,22H,10-13H2. The van der Waals surface area contributed by atoms with E-state index < -0.39 is 16.1 Å². The average Bonchev–Trinajstić information content (AvgIpc) is 2.95. The third kappa shape index (κ3) is 2.66. The minimum atomic E-state index is -3.79. The van der Waals surface area contributed by atoms with E-state index in [9.17, 15) is 13.5 Å². The molecule has 2 aromatic carbocycles. The summed E-state index contributed by atoms with van der Waals surface area (Å²) in [4.78, 5) is 0.228. The lowest BCUT2D eigenvalue weighted by Crippen LogP contribution is -2.26. The number of aliphatic hydroxyl groups excluding tert-OH is 1. The summed E-state index contributed by atoms with van der Waals surface area (Å²) in [5.74, 6) is 0. The van der Waals surface area contributed by atoms with E-state index >= 15 is 0 Å². The van der Waals surface area contributed by atoms with E-state index in [2.05, 4.69) is 5.32 Å². The number of hydrogen-bond acceptors (Lipinski definition) is 4. The van der Waals surface area contributed by atoms with Gasteiger partial charge in [0.15, 0.2) is 0 Å². The van der Waals surface area contributed by atoms with Crippen LogP contribution in [0.2, 0.25) is 0 Å². The van der Waals surface area contributed by atoms with Crippen LogP contribution in [0.25, 0.3) is 10.9 Å². The first-order valence-electron chi connectivity index (χ1n) is 8.42. The van der Waals surface area contributed by atoms with Gasteiger partial charge in [-0.2, -0.15) is 0 Å². The van der Waals surface area contributed by atoms with Crippen LogP contribution in [0.3, 0.4) is 0 Å². The first kappa shape index (κ1) is 16.3. The molecule has 5 nitrogen and oxygen atoms in total. The van der Waals surface area contributed by atoms with Gasteiger partial charge in [-0.25, -0.2) is 12.4 Å². The van der Waals surface area contributed by atoms with Crippen LogP contribution in [0.15, 0.2) is 59.5 Å². The molecule has 0 saturated heterocycles. The van der Waals surface area contributed by atoms with Gasteiger partial charge in [0, 0.05) is 5.39 Å². The summed E-state index contributed by atoms with van der Waals surface area (Å²) in [5, 5.41) is 14.9. The number of rotatable bonds is 2. The number of para-hydroxylation sites is 1. The second kappa shape index (κ2) is 6.29. The predicted molar refractivity (Wildman–Crippen MR) is 97.1 cm³/mol. The van der Waals surface area contributed by atoms with Crippen molar-refractivity contribution < 1.29 is 13.5 Å². The van der Waals surface area contributed by atoms with Crippen molar-refractivity contribution in [2.75, 3.05) is 13.1 Å². The number of nitrogens with one attached hydrogen (secondary N) is 1. The Bertz CT molecular complexity index is 1010. The Morgan fingerprint density at radius 3 is 2.52 bits per heavy atom. The highest BCUT2D eigenvalue weighted by Gasteiger charge is 2.30. The van der Waals surface area contributed by atoms with Crippen LogP contribution in [0.1, 0.15) is 23.8 Å². The Balaban J connectivity index is 2.07. The SMILES string of the molecule is O=S(=O)(c1ccccc1)n1c2c(c3ccccc31)CCNCCC2O. The van der Waals surface area contributed by atoms with Gasteiger partial charge in [0.05, 0.1) is 22.2 Å². The molecule has 1 atom stereocenters. The predicted octanol–water partition coefficient (Wildman–Crippen LogP) is 2.45. The number of fused-ring (bicyclic) bond motifs is 3. The lowest BCUT2D eigenvalue weighted by molar-refractivity contribution is 0.158. The third-order valence-electron chi connectivity index (χ3n) is 4.72. The van der Waals surface area contributed by atoms with Gasteiger partial charge in [-0.3, -0.25) is 0 Å². The molecule has 2 heterocycles. The monoisotopic (exact) mass is 356 g/mol. The van der Waals surface area contributed by atoms with Crippen molar-refractivity contribution >= 4 is 20.9 Å². The molecule has 0 fully saturated rings.